The van der Waals surface area contributed by atoms with E-state index in [2.05, 4.69) is 26.4 Å². The van der Waals surface area contributed by atoms with Gasteiger partial charge in [-0.15, -0.1) is 0 Å². The summed E-state index contributed by atoms with van der Waals surface area (Å²) >= 11 is 3.16. The average molecular weight is 380 g/mol. The van der Waals surface area contributed by atoms with E-state index in [1.54, 1.807) is 6.92 Å². The number of hydrogen-bond acceptors (Lipinski definition) is 5. The Labute approximate surface area is 127 Å². The van der Waals surface area contributed by atoms with Gasteiger partial charge < -0.3 is 9.84 Å². The number of carbonyl (C=O) groups excluding carboxylic acids is 1. The van der Waals surface area contributed by atoms with Gasteiger partial charge in [0, 0.05) is 21.2 Å². The molecule has 0 atom stereocenters. The van der Waals surface area contributed by atoms with Gasteiger partial charge in [-0.05, 0) is 41.1 Å². The third-order valence-electron chi connectivity index (χ3n) is 2.32. The summed E-state index contributed by atoms with van der Waals surface area (Å²) < 4.78 is 27.6. The molecule has 0 radical (unpaired) electrons. The van der Waals surface area contributed by atoms with E-state index in [-0.39, 0.29) is 10.7 Å². The molecule has 0 aliphatic heterocycles. The van der Waals surface area contributed by atoms with Gasteiger partial charge in [-0.2, -0.15) is 0 Å². The van der Waals surface area contributed by atoms with Gasteiger partial charge in [0.05, 0.1) is 16.3 Å². The molecule has 0 unspecified atom stereocenters. The van der Waals surface area contributed by atoms with E-state index in [1.807, 2.05) is 0 Å². The lowest BCUT2D eigenvalue weighted by Gasteiger charge is -2.06. The van der Waals surface area contributed by atoms with Crippen molar-refractivity contribution in [1.82, 2.24) is 5.16 Å². The third kappa shape index (κ3) is 3.38. The van der Waals surface area contributed by atoms with Crippen LogP contribution in [0.1, 0.15) is 16.2 Å². The molecule has 2 aromatic rings. The summed E-state index contributed by atoms with van der Waals surface area (Å²) in [6.07, 6.45) is 0. The summed E-state index contributed by atoms with van der Waals surface area (Å²) in [6.45, 7) is 1.69. The van der Waals surface area contributed by atoms with Gasteiger partial charge >= 0.3 is 0 Å². The second kappa shape index (κ2) is 5.55. The lowest BCUT2D eigenvalue weighted by atomic mass is 10.3. The van der Waals surface area contributed by atoms with Crippen molar-refractivity contribution in [1.29, 1.82) is 0 Å². The number of anilines is 1. The maximum absolute atomic E-state index is 11.9. The van der Waals surface area contributed by atoms with Gasteiger partial charge in [0.25, 0.3) is 15.0 Å². The van der Waals surface area contributed by atoms with Crippen molar-refractivity contribution in [3.05, 3.63) is 40.2 Å². The number of carbonyl (C=O) groups is 1. The first-order valence-corrected chi connectivity index (χ1v) is 8.36. The summed E-state index contributed by atoms with van der Waals surface area (Å²) in [4.78, 5) is 11.8. The number of nitrogens with one attached hydrogen (secondary N) is 1. The van der Waals surface area contributed by atoms with Crippen molar-refractivity contribution in [3.8, 4) is 0 Å². The molecule has 0 fully saturated rings. The van der Waals surface area contributed by atoms with E-state index in [4.69, 9.17) is 15.2 Å². The highest BCUT2D eigenvalue weighted by atomic mass is 79.9. The van der Waals surface area contributed by atoms with Crippen LogP contribution in [0.25, 0.3) is 0 Å². The van der Waals surface area contributed by atoms with Crippen molar-refractivity contribution in [2.24, 2.45) is 0 Å². The number of hydrogen-bond donors (Lipinski definition) is 1. The summed E-state index contributed by atoms with van der Waals surface area (Å²) in [6, 6.07) is 5.49. The number of nitrogens with zero attached hydrogens (tertiary/aromatic N) is 1. The molecular weight excluding hydrogens is 372 g/mol. The van der Waals surface area contributed by atoms with Crippen molar-refractivity contribution in [3.63, 3.8) is 0 Å². The zero-order valence-corrected chi connectivity index (χ0v) is 13.2. The van der Waals surface area contributed by atoms with E-state index in [9.17, 15) is 13.2 Å². The van der Waals surface area contributed by atoms with Crippen LogP contribution in [0.5, 0.6) is 0 Å². The average Bonchev–Trinajstić information content (AvgIpc) is 2.77. The Bertz CT molecular complexity index is 772. The second-order valence-electron chi connectivity index (χ2n) is 3.87. The van der Waals surface area contributed by atoms with Crippen LogP contribution in [0.3, 0.4) is 0 Å². The molecule has 0 aliphatic carbocycles. The first kappa shape index (κ1) is 15.0. The van der Waals surface area contributed by atoms with E-state index in [1.165, 1.54) is 24.3 Å². The molecule has 0 saturated heterocycles. The topological polar surface area (TPSA) is 89.3 Å². The minimum atomic E-state index is -3.82. The van der Waals surface area contributed by atoms with Gasteiger partial charge in [0.2, 0.25) is 5.76 Å². The summed E-state index contributed by atoms with van der Waals surface area (Å²) in [5, 5.41) is 6.16. The monoisotopic (exact) mass is 378 g/mol. The van der Waals surface area contributed by atoms with E-state index >= 15 is 0 Å². The standard InChI is InChI=1S/C11H8BrClN2O4S/c1-6-4-10(19-15-6)11(16)14-9-3-2-7(5-8(9)12)20(13,17)18/h2-5H,1H3,(H,14,16). The fraction of sp³-hybridized carbons (Fsp3) is 0.0909. The van der Waals surface area contributed by atoms with Gasteiger partial charge in [-0.3, -0.25) is 4.79 Å². The molecule has 1 amide bonds. The normalized spacial score (nSPS) is 11.3. The van der Waals surface area contributed by atoms with Crippen LogP contribution in [-0.4, -0.2) is 19.5 Å². The Balaban J connectivity index is 2.25. The Morgan fingerprint density at radius 3 is 2.60 bits per heavy atom. The van der Waals surface area contributed by atoms with Crippen LogP contribution in [0.4, 0.5) is 5.69 Å². The van der Waals surface area contributed by atoms with Crippen molar-refractivity contribution < 1.29 is 17.7 Å². The minimum Gasteiger partial charge on any atom is -0.351 e. The van der Waals surface area contributed by atoms with Crippen LogP contribution < -0.4 is 5.32 Å². The molecule has 1 N–H and O–H groups in total. The van der Waals surface area contributed by atoms with E-state index in [0.29, 0.717) is 15.9 Å². The Morgan fingerprint density at radius 1 is 1.40 bits per heavy atom. The first-order chi connectivity index (χ1) is 9.27. The fourth-order valence-electron chi connectivity index (χ4n) is 1.40. The van der Waals surface area contributed by atoms with Crippen molar-refractivity contribution in [2.75, 3.05) is 5.32 Å². The molecule has 20 heavy (non-hydrogen) atoms. The van der Waals surface area contributed by atoms with Gasteiger partial charge in [-0.25, -0.2) is 8.42 Å². The molecule has 6 nitrogen and oxygen atoms in total. The van der Waals surface area contributed by atoms with Crippen LogP contribution in [-0.2, 0) is 9.05 Å². The van der Waals surface area contributed by atoms with Crippen LogP contribution in [0.15, 0.2) is 38.2 Å². The van der Waals surface area contributed by atoms with Crippen LogP contribution in [0, 0.1) is 6.92 Å². The molecule has 2 rings (SSSR count). The van der Waals surface area contributed by atoms with Gasteiger partial charge in [0.15, 0.2) is 0 Å². The highest BCUT2D eigenvalue weighted by molar-refractivity contribution is 9.10. The number of amides is 1. The molecular formula is C11H8BrClN2O4S. The third-order valence-corrected chi connectivity index (χ3v) is 4.33. The lowest BCUT2D eigenvalue weighted by Crippen LogP contribution is -2.11. The number of rotatable bonds is 3. The van der Waals surface area contributed by atoms with Crippen molar-refractivity contribution in [2.45, 2.75) is 11.8 Å². The first-order valence-electron chi connectivity index (χ1n) is 5.26. The smallest absolute Gasteiger partial charge is 0.294 e. The summed E-state index contributed by atoms with van der Waals surface area (Å²) in [5.74, 6) is -0.434. The largest absolute Gasteiger partial charge is 0.351 e. The number of benzene rings is 1. The lowest BCUT2D eigenvalue weighted by molar-refractivity contribution is 0.0988. The number of aryl methyl sites for hydroxylation is 1. The predicted octanol–water partition coefficient (Wildman–Crippen LogP) is 2.93. The minimum absolute atomic E-state index is 0.0587. The van der Waals surface area contributed by atoms with E-state index in [0.717, 1.165) is 0 Å². The Kier molecular flexibility index (Phi) is 4.17. The zero-order valence-electron chi connectivity index (χ0n) is 10.1. The predicted molar refractivity (Wildman–Crippen MR) is 76.4 cm³/mol. The number of halogens is 2. The fourth-order valence-corrected chi connectivity index (χ4v) is 2.81. The molecule has 0 bridgehead atoms. The SMILES string of the molecule is Cc1cc(C(=O)Nc2ccc(S(=O)(=O)Cl)cc2Br)on1. The van der Waals surface area contributed by atoms with Crippen LogP contribution >= 0.6 is 26.6 Å². The molecule has 106 valence electrons. The molecule has 0 aliphatic rings. The quantitative estimate of drug-likeness (QED) is 0.828. The highest BCUT2D eigenvalue weighted by Gasteiger charge is 2.16. The molecule has 0 spiro atoms. The van der Waals surface area contributed by atoms with E-state index < -0.39 is 15.0 Å². The Hall–Kier alpha value is -1.38. The Morgan fingerprint density at radius 2 is 2.10 bits per heavy atom. The molecule has 9 heteroatoms. The second-order valence-corrected chi connectivity index (χ2v) is 7.29. The molecule has 1 heterocycles. The molecule has 1 aromatic carbocycles. The molecule has 0 saturated carbocycles. The highest BCUT2D eigenvalue weighted by Crippen LogP contribution is 2.27. The van der Waals surface area contributed by atoms with Gasteiger partial charge in [-0.1, -0.05) is 5.16 Å². The number of aromatic nitrogens is 1. The maximum Gasteiger partial charge on any atom is 0.294 e. The van der Waals surface area contributed by atoms with Crippen molar-refractivity contribution >= 4 is 47.3 Å². The summed E-state index contributed by atoms with van der Waals surface area (Å²) in [5.41, 5.74) is 0.964. The zero-order chi connectivity index (χ0) is 14.9. The summed E-state index contributed by atoms with van der Waals surface area (Å²) in [7, 11) is 1.41. The van der Waals surface area contributed by atoms with Gasteiger partial charge in [0.1, 0.15) is 0 Å². The maximum atomic E-state index is 11.9. The molecule has 1 aromatic heterocycles. The van der Waals surface area contributed by atoms with Crippen LogP contribution in [0.2, 0.25) is 0 Å².